The number of primary sulfonamides is 1. The second-order valence-corrected chi connectivity index (χ2v) is 5.62. The maximum absolute atomic E-state index is 10.9. The summed E-state index contributed by atoms with van der Waals surface area (Å²) in [7, 11) is -3.61. The standard InChI is InChI=1S/C9H11BrN2O2S/c1-7(10)6-12-8-2-4-9(5-3-8)15(11,13)14/h2-5,12H,1,6H2,(H2,11,13,14). The fraction of sp³-hybridized carbons (Fsp3) is 0.111. The normalized spacial score (nSPS) is 11.1. The summed E-state index contributed by atoms with van der Waals surface area (Å²) < 4.78 is 22.7. The number of benzene rings is 1. The molecule has 0 aliphatic carbocycles. The Balaban J connectivity index is 2.77. The van der Waals surface area contributed by atoms with Crippen molar-refractivity contribution in [3.05, 3.63) is 35.3 Å². The SMILES string of the molecule is C=C(Br)CNc1ccc(S(N)(=O)=O)cc1. The van der Waals surface area contributed by atoms with Gasteiger partial charge in [-0.1, -0.05) is 22.5 Å². The molecule has 1 aromatic carbocycles. The van der Waals surface area contributed by atoms with Gasteiger partial charge in [0.1, 0.15) is 0 Å². The minimum atomic E-state index is -3.61. The lowest BCUT2D eigenvalue weighted by atomic mass is 10.3. The van der Waals surface area contributed by atoms with Crippen molar-refractivity contribution in [3.63, 3.8) is 0 Å². The molecule has 0 unspecified atom stereocenters. The van der Waals surface area contributed by atoms with E-state index in [1.807, 2.05) is 0 Å². The van der Waals surface area contributed by atoms with Crippen LogP contribution in [0.5, 0.6) is 0 Å². The predicted octanol–water partition coefficient (Wildman–Crippen LogP) is 1.65. The monoisotopic (exact) mass is 290 g/mol. The summed E-state index contributed by atoms with van der Waals surface area (Å²) in [5, 5.41) is 8.00. The Bertz CT molecular complexity index is 454. The van der Waals surface area contributed by atoms with Crippen LogP contribution >= 0.6 is 15.9 Å². The molecule has 3 N–H and O–H groups in total. The number of nitrogens with two attached hydrogens (primary N) is 1. The first kappa shape index (κ1) is 12.2. The van der Waals surface area contributed by atoms with E-state index in [9.17, 15) is 8.42 Å². The van der Waals surface area contributed by atoms with Crippen LogP contribution in [0.15, 0.2) is 40.2 Å². The molecule has 0 saturated heterocycles. The van der Waals surface area contributed by atoms with Gasteiger partial charge in [0.05, 0.1) is 4.90 Å². The van der Waals surface area contributed by atoms with Gasteiger partial charge in [0.25, 0.3) is 0 Å². The highest BCUT2D eigenvalue weighted by molar-refractivity contribution is 9.11. The van der Waals surface area contributed by atoms with Crippen LogP contribution in [0.2, 0.25) is 0 Å². The summed E-state index contributed by atoms with van der Waals surface area (Å²) in [6, 6.07) is 6.20. The number of nitrogens with one attached hydrogen (secondary N) is 1. The highest BCUT2D eigenvalue weighted by Crippen LogP contribution is 2.13. The molecule has 0 radical (unpaired) electrons. The first-order valence-electron chi connectivity index (χ1n) is 4.09. The predicted molar refractivity (Wildman–Crippen MR) is 64.4 cm³/mol. The highest BCUT2D eigenvalue weighted by atomic mass is 79.9. The largest absolute Gasteiger partial charge is 0.380 e. The summed E-state index contributed by atoms with van der Waals surface area (Å²) in [5.74, 6) is 0. The minimum Gasteiger partial charge on any atom is -0.380 e. The summed E-state index contributed by atoms with van der Waals surface area (Å²) in [4.78, 5) is 0.103. The quantitative estimate of drug-likeness (QED) is 0.886. The third kappa shape index (κ3) is 4.03. The van der Waals surface area contributed by atoms with Gasteiger partial charge in [0.15, 0.2) is 0 Å². The van der Waals surface area contributed by atoms with Crippen molar-refractivity contribution in [2.24, 2.45) is 5.14 Å². The van der Waals surface area contributed by atoms with E-state index in [-0.39, 0.29) is 4.90 Å². The van der Waals surface area contributed by atoms with Crippen LogP contribution in [-0.2, 0) is 10.0 Å². The van der Waals surface area contributed by atoms with Crippen molar-refractivity contribution in [1.82, 2.24) is 0 Å². The molecule has 1 aromatic rings. The van der Waals surface area contributed by atoms with Gasteiger partial charge in [-0.25, -0.2) is 13.6 Å². The third-order valence-corrected chi connectivity index (χ3v) is 2.88. The molecule has 15 heavy (non-hydrogen) atoms. The molecule has 0 aliphatic rings. The van der Waals surface area contributed by atoms with Crippen molar-refractivity contribution in [1.29, 1.82) is 0 Å². The highest BCUT2D eigenvalue weighted by Gasteiger charge is 2.06. The zero-order valence-electron chi connectivity index (χ0n) is 7.90. The lowest BCUT2D eigenvalue weighted by Gasteiger charge is -2.05. The molecule has 0 bridgehead atoms. The molecule has 0 aromatic heterocycles. The Morgan fingerprint density at radius 2 is 1.93 bits per heavy atom. The van der Waals surface area contributed by atoms with Crippen LogP contribution in [0, 0.1) is 0 Å². The van der Waals surface area contributed by atoms with Crippen molar-refractivity contribution >= 4 is 31.6 Å². The molecule has 0 heterocycles. The number of hydrogen-bond donors (Lipinski definition) is 2. The van der Waals surface area contributed by atoms with Gasteiger partial charge in [-0.15, -0.1) is 0 Å². The van der Waals surface area contributed by atoms with Gasteiger partial charge in [0, 0.05) is 16.7 Å². The van der Waals surface area contributed by atoms with Crippen LogP contribution in [0.4, 0.5) is 5.69 Å². The third-order valence-electron chi connectivity index (χ3n) is 1.67. The maximum Gasteiger partial charge on any atom is 0.238 e. The molecule has 82 valence electrons. The Morgan fingerprint density at radius 1 is 1.40 bits per heavy atom. The van der Waals surface area contributed by atoms with Crippen LogP contribution < -0.4 is 10.5 Å². The van der Waals surface area contributed by atoms with Gasteiger partial charge >= 0.3 is 0 Å². The van der Waals surface area contributed by atoms with Gasteiger partial charge < -0.3 is 5.32 Å². The number of hydrogen-bond acceptors (Lipinski definition) is 3. The Morgan fingerprint density at radius 3 is 2.33 bits per heavy atom. The summed E-state index contributed by atoms with van der Waals surface area (Å²) in [6.45, 7) is 4.24. The molecule has 0 spiro atoms. The van der Waals surface area contributed by atoms with E-state index >= 15 is 0 Å². The molecule has 0 atom stereocenters. The van der Waals surface area contributed by atoms with Crippen LogP contribution in [0.1, 0.15) is 0 Å². The average molecular weight is 291 g/mol. The van der Waals surface area contributed by atoms with E-state index in [0.717, 1.165) is 10.2 Å². The van der Waals surface area contributed by atoms with Crippen molar-refractivity contribution < 1.29 is 8.42 Å². The molecular formula is C9H11BrN2O2S. The van der Waals surface area contributed by atoms with E-state index in [4.69, 9.17) is 5.14 Å². The van der Waals surface area contributed by atoms with E-state index in [2.05, 4.69) is 27.8 Å². The van der Waals surface area contributed by atoms with Crippen molar-refractivity contribution in [2.45, 2.75) is 4.90 Å². The molecule has 0 aliphatic heterocycles. The first-order chi connectivity index (χ1) is 6.89. The Kier molecular flexibility index (Phi) is 3.90. The summed E-state index contributed by atoms with van der Waals surface area (Å²) in [5.41, 5.74) is 0.808. The summed E-state index contributed by atoms with van der Waals surface area (Å²) >= 11 is 3.21. The molecule has 0 saturated carbocycles. The van der Waals surface area contributed by atoms with Gasteiger partial charge in [-0.2, -0.15) is 0 Å². The van der Waals surface area contributed by atoms with Gasteiger partial charge in [0.2, 0.25) is 10.0 Å². The molecule has 6 heteroatoms. The number of sulfonamides is 1. The molecule has 1 rings (SSSR count). The van der Waals surface area contributed by atoms with Crippen LogP contribution in [0.3, 0.4) is 0 Å². The number of halogens is 1. The minimum absolute atomic E-state index is 0.103. The molecular weight excluding hydrogens is 280 g/mol. The fourth-order valence-corrected chi connectivity index (χ4v) is 1.62. The molecule has 0 amide bonds. The molecule has 0 fully saturated rings. The first-order valence-corrected chi connectivity index (χ1v) is 6.43. The Labute approximate surface area is 97.4 Å². The second kappa shape index (κ2) is 4.78. The maximum atomic E-state index is 10.9. The van der Waals surface area contributed by atoms with Crippen molar-refractivity contribution in [2.75, 3.05) is 11.9 Å². The Hall–Kier alpha value is -0.850. The van der Waals surface area contributed by atoms with E-state index in [1.165, 1.54) is 12.1 Å². The van der Waals surface area contributed by atoms with E-state index in [0.29, 0.717) is 6.54 Å². The number of anilines is 1. The average Bonchev–Trinajstić information content (AvgIpc) is 2.14. The van der Waals surface area contributed by atoms with Crippen molar-refractivity contribution in [3.8, 4) is 0 Å². The zero-order chi connectivity index (χ0) is 11.5. The zero-order valence-corrected chi connectivity index (χ0v) is 10.3. The van der Waals surface area contributed by atoms with E-state index in [1.54, 1.807) is 12.1 Å². The van der Waals surface area contributed by atoms with E-state index < -0.39 is 10.0 Å². The summed E-state index contributed by atoms with van der Waals surface area (Å²) in [6.07, 6.45) is 0. The van der Waals surface area contributed by atoms with Crippen LogP contribution in [0.25, 0.3) is 0 Å². The van der Waals surface area contributed by atoms with Crippen LogP contribution in [-0.4, -0.2) is 15.0 Å². The lowest BCUT2D eigenvalue weighted by molar-refractivity contribution is 0.598. The fourth-order valence-electron chi connectivity index (χ4n) is 0.960. The topological polar surface area (TPSA) is 72.2 Å². The second-order valence-electron chi connectivity index (χ2n) is 2.94. The lowest BCUT2D eigenvalue weighted by Crippen LogP contribution is -2.12. The smallest absolute Gasteiger partial charge is 0.238 e. The molecule has 4 nitrogen and oxygen atoms in total. The number of rotatable bonds is 4. The van der Waals surface area contributed by atoms with Gasteiger partial charge in [-0.3, -0.25) is 0 Å². The van der Waals surface area contributed by atoms with Gasteiger partial charge in [-0.05, 0) is 24.3 Å².